The van der Waals surface area contributed by atoms with Crippen LogP contribution in [0, 0.1) is 5.82 Å². The van der Waals surface area contributed by atoms with Crippen molar-refractivity contribution in [1.29, 1.82) is 0 Å². The predicted octanol–water partition coefficient (Wildman–Crippen LogP) is 3.51. The highest BCUT2D eigenvalue weighted by atomic mass is 79.9. The van der Waals surface area contributed by atoms with E-state index in [1.165, 1.54) is 34.6 Å². The topological polar surface area (TPSA) is 75.7 Å². The van der Waals surface area contributed by atoms with Crippen molar-refractivity contribution in [3.8, 4) is 0 Å². The number of sulfonamides is 1. The number of amides is 1. The summed E-state index contributed by atoms with van der Waals surface area (Å²) in [5.74, 6) is -1.14. The molecule has 1 N–H and O–H groups in total. The molecule has 1 fully saturated rings. The summed E-state index contributed by atoms with van der Waals surface area (Å²) in [5, 5.41) is 2.61. The molecule has 6 nitrogen and oxygen atoms in total. The first-order valence-electron chi connectivity index (χ1n) is 7.93. The van der Waals surface area contributed by atoms with Crippen molar-refractivity contribution in [3.63, 3.8) is 0 Å². The van der Waals surface area contributed by atoms with Gasteiger partial charge in [-0.3, -0.25) is 4.79 Å². The van der Waals surface area contributed by atoms with Crippen LogP contribution in [-0.2, 0) is 14.8 Å². The van der Waals surface area contributed by atoms with Crippen LogP contribution in [0.4, 0.5) is 10.1 Å². The monoisotopic (exact) mass is 476 g/mol. The molecule has 0 aliphatic carbocycles. The molecule has 2 aromatic rings. The molecular formula is C17H15BrClFN2O4S. The Bertz CT molecular complexity index is 981. The van der Waals surface area contributed by atoms with Crippen molar-refractivity contribution in [3.05, 3.63) is 57.3 Å². The Hall–Kier alpha value is -1.52. The first kappa shape index (κ1) is 20.2. The first-order valence-corrected chi connectivity index (χ1v) is 10.5. The van der Waals surface area contributed by atoms with Gasteiger partial charge in [-0.1, -0.05) is 11.6 Å². The molecule has 0 atom stereocenters. The van der Waals surface area contributed by atoms with E-state index in [1.807, 2.05) is 0 Å². The molecule has 1 heterocycles. The predicted molar refractivity (Wildman–Crippen MR) is 103 cm³/mol. The SMILES string of the molecule is O=C(Nc1ccc(Cl)c(S(=O)(=O)N2CCOCC2)c1)c1cc(F)ccc1Br. The molecule has 0 aromatic heterocycles. The molecule has 1 aliphatic rings. The Morgan fingerprint density at radius 1 is 1.19 bits per heavy atom. The zero-order valence-electron chi connectivity index (χ0n) is 13.9. The van der Waals surface area contributed by atoms with Gasteiger partial charge in [-0.05, 0) is 52.3 Å². The number of carbonyl (C=O) groups is 1. The first-order chi connectivity index (χ1) is 12.8. The quantitative estimate of drug-likeness (QED) is 0.731. The molecule has 0 saturated carbocycles. The minimum atomic E-state index is -3.83. The maximum absolute atomic E-state index is 13.4. The number of anilines is 1. The number of nitrogens with zero attached hydrogens (tertiary/aromatic N) is 1. The summed E-state index contributed by atoms with van der Waals surface area (Å²) in [6.07, 6.45) is 0. The molecule has 1 aliphatic heterocycles. The van der Waals surface area contributed by atoms with Gasteiger partial charge in [-0.25, -0.2) is 12.8 Å². The fourth-order valence-electron chi connectivity index (χ4n) is 2.57. The van der Waals surface area contributed by atoms with E-state index >= 15 is 0 Å². The maximum Gasteiger partial charge on any atom is 0.256 e. The van der Waals surface area contributed by atoms with Gasteiger partial charge in [0.1, 0.15) is 10.7 Å². The van der Waals surface area contributed by atoms with Crippen molar-refractivity contribution in [2.24, 2.45) is 0 Å². The largest absolute Gasteiger partial charge is 0.379 e. The summed E-state index contributed by atoms with van der Waals surface area (Å²) in [5.41, 5.74) is 0.315. The second kappa shape index (κ2) is 8.24. The molecule has 2 aromatic carbocycles. The van der Waals surface area contributed by atoms with Crippen molar-refractivity contribution in [2.75, 3.05) is 31.6 Å². The Balaban J connectivity index is 1.89. The number of hydrogen-bond acceptors (Lipinski definition) is 4. The van der Waals surface area contributed by atoms with Crippen LogP contribution in [0.25, 0.3) is 0 Å². The van der Waals surface area contributed by atoms with E-state index in [0.717, 1.165) is 6.07 Å². The summed E-state index contributed by atoms with van der Waals surface area (Å²) >= 11 is 9.28. The Kier molecular flexibility index (Phi) is 6.17. The molecule has 0 spiro atoms. The summed E-state index contributed by atoms with van der Waals surface area (Å²) < 4.78 is 45.9. The minimum absolute atomic E-state index is 0.0476. The smallest absolute Gasteiger partial charge is 0.256 e. The minimum Gasteiger partial charge on any atom is -0.379 e. The number of halogens is 3. The lowest BCUT2D eigenvalue weighted by Crippen LogP contribution is -2.40. The van der Waals surface area contributed by atoms with Crippen molar-refractivity contribution < 1.29 is 22.3 Å². The molecule has 0 bridgehead atoms. The van der Waals surface area contributed by atoms with Gasteiger partial charge < -0.3 is 10.1 Å². The number of morpholine rings is 1. The summed E-state index contributed by atoms with van der Waals surface area (Å²) in [7, 11) is -3.83. The van der Waals surface area contributed by atoms with Gasteiger partial charge in [-0.15, -0.1) is 0 Å². The molecule has 1 saturated heterocycles. The lowest BCUT2D eigenvalue weighted by Gasteiger charge is -2.26. The molecule has 10 heteroatoms. The fraction of sp³-hybridized carbons (Fsp3) is 0.235. The number of benzene rings is 2. The summed E-state index contributed by atoms with van der Waals surface area (Å²) in [6.45, 7) is 1.07. The summed E-state index contributed by atoms with van der Waals surface area (Å²) in [4.78, 5) is 12.3. The van der Waals surface area contributed by atoms with Crippen LogP contribution in [0.15, 0.2) is 45.8 Å². The van der Waals surface area contributed by atoms with Gasteiger partial charge in [0.2, 0.25) is 10.0 Å². The van der Waals surface area contributed by atoms with Gasteiger partial charge in [0.05, 0.1) is 23.8 Å². The van der Waals surface area contributed by atoms with Gasteiger partial charge in [-0.2, -0.15) is 4.31 Å². The number of nitrogens with one attached hydrogen (secondary N) is 1. The highest BCUT2D eigenvalue weighted by Gasteiger charge is 2.28. The number of ether oxygens (including phenoxy) is 1. The second-order valence-corrected chi connectivity index (χ2v) is 8.91. The van der Waals surface area contributed by atoms with Gasteiger partial charge in [0.15, 0.2) is 0 Å². The van der Waals surface area contributed by atoms with Crippen molar-refractivity contribution in [1.82, 2.24) is 4.31 Å². The van der Waals surface area contributed by atoms with Crippen LogP contribution in [0.1, 0.15) is 10.4 Å². The Labute approximate surface area is 169 Å². The fourth-order valence-corrected chi connectivity index (χ4v) is 4.91. The number of carbonyl (C=O) groups excluding carboxylic acids is 1. The molecule has 27 heavy (non-hydrogen) atoms. The van der Waals surface area contributed by atoms with E-state index in [9.17, 15) is 17.6 Å². The second-order valence-electron chi connectivity index (χ2n) is 5.74. The maximum atomic E-state index is 13.4. The van der Waals surface area contributed by atoms with E-state index in [1.54, 1.807) is 0 Å². The van der Waals surface area contributed by atoms with Crippen LogP contribution in [0.2, 0.25) is 5.02 Å². The highest BCUT2D eigenvalue weighted by molar-refractivity contribution is 9.10. The van der Waals surface area contributed by atoms with E-state index in [4.69, 9.17) is 16.3 Å². The molecular weight excluding hydrogens is 463 g/mol. The summed E-state index contributed by atoms with van der Waals surface area (Å²) in [6, 6.07) is 7.88. The molecule has 0 unspecified atom stereocenters. The third kappa shape index (κ3) is 4.49. The molecule has 144 valence electrons. The number of rotatable bonds is 4. The highest BCUT2D eigenvalue weighted by Crippen LogP contribution is 2.29. The molecule has 3 rings (SSSR count). The third-order valence-corrected chi connectivity index (χ3v) is 7.02. The van der Waals surface area contributed by atoms with Gasteiger partial charge in [0, 0.05) is 23.2 Å². The zero-order valence-corrected chi connectivity index (χ0v) is 17.1. The van der Waals surface area contributed by atoms with Crippen LogP contribution in [-0.4, -0.2) is 44.9 Å². The lowest BCUT2D eigenvalue weighted by atomic mass is 10.2. The van der Waals surface area contributed by atoms with E-state index < -0.39 is 21.7 Å². The number of hydrogen-bond donors (Lipinski definition) is 1. The van der Waals surface area contributed by atoms with Crippen LogP contribution < -0.4 is 5.32 Å². The standard InChI is InChI=1S/C17H15BrClFN2O4S/c18-14-3-1-11(20)9-13(14)17(23)21-12-2-4-15(19)16(10-12)27(24,25)22-5-7-26-8-6-22/h1-4,9-10H,5-8H2,(H,21,23). The van der Waals surface area contributed by atoms with E-state index in [-0.39, 0.29) is 34.3 Å². The van der Waals surface area contributed by atoms with Crippen LogP contribution in [0.3, 0.4) is 0 Å². The zero-order chi connectivity index (χ0) is 19.6. The van der Waals surface area contributed by atoms with Crippen molar-refractivity contribution in [2.45, 2.75) is 4.90 Å². The molecule has 1 amide bonds. The average Bonchev–Trinajstić information content (AvgIpc) is 2.65. The molecule has 0 radical (unpaired) electrons. The van der Waals surface area contributed by atoms with E-state index in [2.05, 4.69) is 21.2 Å². The van der Waals surface area contributed by atoms with Crippen LogP contribution in [0.5, 0.6) is 0 Å². The third-order valence-electron chi connectivity index (χ3n) is 3.95. The Morgan fingerprint density at radius 3 is 2.59 bits per heavy atom. The Morgan fingerprint density at radius 2 is 1.89 bits per heavy atom. The van der Waals surface area contributed by atoms with Gasteiger partial charge in [0.25, 0.3) is 5.91 Å². The lowest BCUT2D eigenvalue weighted by molar-refractivity contribution is 0.0730. The van der Waals surface area contributed by atoms with Crippen LogP contribution >= 0.6 is 27.5 Å². The van der Waals surface area contributed by atoms with E-state index in [0.29, 0.717) is 17.7 Å². The van der Waals surface area contributed by atoms with Gasteiger partial charge >= 0.3 is 0 Å². The average molecular weight is 478 g/mol. The van der Waals surface area contributed by atoms with Crippen molar-refractivity contribution >= 4 is 49.1 Å². The normalized spacial score (nSPS) is 15.5.